The van der Waals surface area contributed by atoms with Gasteiger partial charge in [-0.05, 0) is 35.9 Å². The van der Waals surface area contributed by atoms with E-state index in [4.69, 9.17) is 23.2 Å². The molecular formula is C21H18Cl2N4O. The Labute approximate surface area is 173 Å². The molecule has 0 unspecified atom stereocenters. The molecule has 1 aliphatic heterocycles. The molecule has 142 valence electrons. The molecule has 1 amide bonds. The summed E-state index contributed by atoms with van der Waals surface area (Å²) in [7, 11) is 0. The van der Waals surface area contributed by atoms with Crippen molar-refractivity contribution in [3.63, 3.8) is 0 Å². The van der Waals surface area contributed by atoms with E-state index < -0.39 is 0 Å². The lowest BCUT2D eigenvalue weighted by atomic mass is 9.97. The SMILES string of the molecule is CC(C)C(=O)N1N=C(c2cc(Cl)ccc2Cl)C[C@@H]1c1ccc2nccnc2c1. The molecule has 0 saturated heterocycles. The average Bonchev–Trinajstić information content (AvgIpc) is 3.13. The van der Waals surface area contributed by atoms with Crippen LogP contribution in [0, 0.1) is 5.92 Å². The number of hydrogen-bond donors (Lipinski definition) is 0. The van der Waals surface area contributed by atoms with E-state index in [0.717, 1.165) is 27.9 Å². The van der Waals surface area contributed by atoms with E-state index in [0.29, 0.717) is 16.5 Å². The largest absolute Gasteiger partial charge is 0.273 e. The van der Waals surface area contributed by atoms with E-state index in [9.17, 15) is 4.79 Å². The summed E-state index contributed by atoms with van der Waals surface area (Å²) in [5.74, 6) is -0.224. The standard InChI is InChI=1S/C21H18Cl2N4O/c1-12(2)21(28)27-20(13-3-6-17-19(9-13)25-8-7-24-17)11-18(26-27)15-10-14(22)4-5-16(15)23/h3-10,12,20H,11H2,1-2H3/t20-/m1/s1. The van der Waals surface area contributed by atoms with Gasteiger partial charge in [-0.2, -0.15) is 5.10 Å². The maximum absolute atomic E-state index is 12.9. The topological polar surface area (TPSA) is 58.5 Å². The van der Waals surface area contributed by atoms with Gasteiger partial charge >= 0.3 is 0 Å². The first-order valence-corrected chi connectivity index (χ1v) is 9.76. The number of halogens is 2. The maximum atomic E-state index is 12.9. The van der Waals surface area contributed by atoms with E-state index in [1.807, 2.05) is 32.0 Å². The van der Waals surface area contributed by atoms with Crippen LogP contribution in [0.1, 0.15) is 37.4 Å². The Bertz CT molecular complexity index is 1100. The number of fused-ring (bicyclic) bond motifs is 1. The summed E-state index contributed by atoms with van der Waals surface area (Å²) in [6.07, 6.45) is 3.87. The Kier molecular flexibility index (Phi) is 5.04. The van der Waals surface area contributed by atoms with Crippen LogP contribution in [-0.2, 0) is 4.79 Å². The zero-order valence-electron chi connectivity index (χ0n) is 15.4. The van der Waals surface area contributed by atoms with Crippen molar-refractivity contribution in [2.24, 2.45) is 11.0 Å². The minimum atomic E-state index is -0.230. The van der Waals surface area contributed by atoms with Crippen molar-refractivity contribution in [3.05, 3.63) is 70.0 Å². The minimum Gasteiger partial charge on any atom is -0.273 e. The number of benzene rings is 2. The molecule has 2 aromatic carbocycles. The summed E-state index contributed by atoms with van der Waals surface area (Å²) in [6.45, 7) is 3.73. The van der Waals surface area contributed by atoms with Crippen molar-refractivity contribution in [1.29, 1.82) is 0 Å². The zero-order valence-corrected chi connectivity index (χ0v) is 16.9. The molecule has 0 N–H and O–H groups in total. The molecule has 0 radical (unpaired) electrons. The highest BCUT2D eigenvalue weighted by molar-refractivity contribution is 6.36. The third-order valence-electron chi connectivity index (χ3n) is 4.75. The second-order valence-corrected chi connectivity index (χ2v) is 7.88. The van der Waals surface area contributed by atoms with E-state index >= 15 is 0 Å². The van der Waals surface area contributed by atoms with Gasteiger partial charge in [0.25, 0.3) is 0 Å². The van der Waals surface area contributed by atoms with Gasteiger partial charge < -0.3 is 0 Å². The predicted molar refractivity (Wildman–Crippen MR) is 112 cm³/mol. The van der Waals surface area contributed by atoms with E-state index in [2.05, 4.69) is 15.1 Å². The number of aromatic nitrogens is 2. The molecule has 0 fully saturated rings. The maximum Gasteiger partial charge on any atom is 0.245 e. The first-order valence-electron chi connectivity index (χ1n) is 9.00. The van der Waals surface area contributed by atoms with Crippen LogP contribution in [0.5, 0.6) is 0 Å². The zero-order chi connectivity index (χ0) is 19.8. The number of rotatable bonds is 3. The highest BCUT2D eigenvalue weighted by Crippen LogP contribution is 2.36. The predicted octanol–water partition coefficient (Wildman–Crippen LogP) is 5.27. The number of nitrogens with zero attached hydrogens (tertiary/aromatic N) is 4. The van der Waals surface area contributed by atoms with Gasteiger partial charge in [-0.25, -0.2) is 5.01 Å². The summed E-state index contributed by atoms with van der Waals surface area (Å²) in [6, 6.07) is 10.9. The monoisotopic (exact) mass is 412 g/mol. The molecule has 1 aromatic heterocycles. The van der Waals surface area contributed by atoms with Crippen molar-refractivity contribution in [2.75, 3.05) is 0 Å². The van der Waals surface area contributed by atoms with Gasteiger partial charge in [0.15, 0.2) is 0 Å². The van der Waals surface area contributed by atoms with Crippen LogP contribution in [0.25, 0.3) is 11.0 Å². The van der Waals surface area contributed by atoms with Gasteiger partial charge in [0.1, 0.15) is 0 Å². The smallest absolute Gasteiger partial charge is 0.245 e. The number of amides is 1. The lowest BCUT2D eigenvalue weighted by Gasteiger charge is -2.23. The van der Waals surface area contributed by atoms with Gasteiger partial charge in [-0.15, -0.1) is 0 Å². The summed E-state index contributed by atoms with van der Waals surface area (Å²) in [4.78, 5) is 21.5. The molecule has 5 nitrogen and oxygen atoms in total. The summed E-state index contributed by atoms with van der Waals surface area (Å²) >= 11 is 12.5. The summed E-state index contributed by atoms with van der Waals surface area (Å²) in [5.41, 5.74) is 4.04. The van der Waals surface area contributed by atoms with Gasteiger partial charge in [0.2, 0.25) is 5.91 Å². The number of carbonyl (C=O) groups is 1. The van der Waals surface area contributed by atoms with Crippen LogP contribution in [0.15, 0.2) is 53.9 Å². The van der Waals surface area contributed by atoms with Gasteiger partial charge in [-0.3, -0.25) is 14.8 Å². The Morgan fingerprint density at radius 3 is 2.57 bits per heavy atom. The van der Waals surface area contributed by atoms with Gasteiger partial charge in [-0.1, -0.05) is 43.1 Å². The minimum absolute atomic E-state index is 0.0441. The fourth-order valence-corrected chi connectivity index (χ4v) is 3.71. The first kappa shape index (κ1) is 18.8. The van der Waals surface area contributed by atoms with Crippen molar-refractivity contribution in [3.8, 4) is 0 Å². The lowest BCUT2D eigenvalue weighted by Crippen LogP contribution is -2.30. The first-order chi connectivity index (χ1) is 13.4. The molecule has 0 aliphatic carbocycles. The van der Waals surface area contributed by atoms with Crippen molar-refractivity contribution in [1.82, 2.24) is 15.0 Å². The molecule has 0 saturated carbocycles. The van der Waals surface area contributed by atoms with Crippen LogP contribution in [0.4, 0.5) is 0 Å². The number of carbonyl (C=O) groups excluding carboxylic acids is 1. The Morgan fingerprint density at radius 2 is 1.82 bits per heavy atom. The van der Waals surface area contributed by atoms with Gasteiger partial charge in [0, 0.05) is 40.3 Å². The lowest BCUT2D eigenvalue weighted by molar-refractivity contribution is -0.136. The third kappa shape index (κ3) is 3.48. The molecule has 3 aromatic rings. The second-order valence-electron chi connectivity index (χ2n) is 7.03. The molecule has 0 bridgehead atoms. The highest BCUT2D eigenvalue weighted by atomic mass is 35.5. The molecule has 28 heavy (non-hydrogen) atoms. The van der Waals surface area contributed by atoms with Gasteiger partial charge in [0.05, 0.1) is 22.8 Å². The molecule has 7 heteroatoms. The second kappa shape index (κ2) is 7.49. The Balaban J connectivity index is 1.77. The molecule has 1 aliphatic rings. The van der Waals surface area contributed by atoms with Crippen LogP contribution in [-0.4, -0.2) is 26.6 Å². The van der Waals surface area contributed by atoms with Crippen molar-refractivity contribution >= 4 is 45.9 Å². The molecule has 0 spiro atoms. The average molecular weight is 413 g/mol. The highest BCUT2D eigenvalue weighted by Gasteiger charge is 2.34. The van der Waals surface area contributed by atoms with E-state index in [1.54, 1.807) is 35.6 Å². The number of hydrogen-bond acceptors (Lipinski definition) is 4. The molecule has 4 rings (SSSR count). The Morgan fingerprint density at radius 1 is 1.07 bits per heavy atom. The van der Waals surface area contributed by atoms with Crippen LogP contribution >= 0.6 is 23.2 Å². The normalized spacial score (nSPS) is 16.7. The molecule has 1 atom stereocenters. The quantitative estimate of drug-likeness (QED) is 0.588. The number of hydrazone groups is 1. The Hall–Kier alpha value is -2.50. The van der Waals surface area contributed by atoms with Crippen molar-refractivity contribution < 1.29 is 4.79 Å². The summed E-state index contributed by atoms with van der Waals surface area (Å²) in [5, 5.41) is 7.34. The van der Waals surface area contributed by atoms with Crippen LogP contribution in [0.2, 0.25) is 10.0 Å². The fourth-order valence-electron chi connectivity index (χ4n) is 3.31. The van der Waals surface area contributed by atoms with Crippen LogP contribution < -0.4 is 0 Å². The third-order valence-corrected chi connectivity index (χ3v) is 5.31. The summed E-state index contributed by atoms with van der Waals surface area (Å²) < 4.78 is 0. The molecular weight excluding hydrogens is 395 g/mol. The van der Waals surface area contributed by atoms with Crippen molar-refractivity contribution in [2.45, 2.75) is 26.3 Å². The van der Waals surface area contributed by atoms with E-state index in [1.165, 1.54) is 0 Å². The van der Waals surface area contributed by atoms with E-state index in [-0.39, 0.29) is 17.9 Å². The fraction of sp³-hybridized carbons (Fsp3) is 0.238. The molecule has 2 heterocycles. The van der Waals surface area contributed by atoms with Crippen LogP contribution in [0.3, 0.4) is 0 Å².